The number of aryl methyl sites for hydroxylation is 2. The molecule has 0 aliphatic carbocycles. The molecule has 51 heavy (non-hydrogen) atoms. The summed E-state index contributed by atoms with van der Waals surface area (Å²) in [6.45, 7) is 14.4. The van der Waals surface area contributed by atoms with E-state index in [-0.39, 0.29) is 82.3 Å². The second-order valence-corrected chi connectivity index (χ2v) is 16.7. The van der Waals surface area contributed by atoms with Gasteiger partial charge in [-0.1, -0.05) is 75.5 Å². The Morgan fingerprint density at radius 3 is 1.94 bits per heavy atom. The van der Waals surface area contributed by atoms with Crippen molar-refractivity contribution in [1.29, 1.82) is 0 Å². The van der Waals surface area contributed by atoms with Crippen LogP contribution in [0.1, 0.15) is 95.7 Å². The van der Waals surface area contributed by atoms with E-state index in [0.717, 1.165) is 0 Å². The molecule has 1 aliphatic heterocycles. The molecule has 0 bridgehead atoms. The third-order valence-electron chi connectivity index (χ3n) is 7.96. The monoisotopic (exact) mass is 898 g/mol. The predicted octanol–water partition coefficient (Wildman–Crippen LogP) is 7.62. The van der Waals surface area contributed by atoms with Gasteiger partial charge < -0.3 is 34.6 Å². The predicted molar refractivity (Wildman–Crippen MR) is 203 cm³/mol. The van der Waals surface area contributed by atoms with Crippen LogP contribution in [0.5, 0.6) is 11.5 Å². The zero-order valence-electron chi connectivity index (χ0n) is 29.5. The van der Waals surface area contributed by atoms with E-state index >= 15 is 0 Å². The van der Waals surface area contributed by atoms with Crippen LogP contribution < -0.4 is 26.3 Å². The van der Waals surface area contributed by atoms with Gasteiger partial charge >= 0.3 is 17.6 Å². The molecule has 3 N–H and O–H groups in total. The van der Waals surface area contributed by atoms with Crippen LogP contribution in [0.3, 0.4) is 0 Å². The Morgan fingerprint density at radius 1 is 0.882 bits per heavy atom. The molecule has 0 spiro atoms. The van der Waals surface area contributed by atoms with E-state index in [1.54, 1.807) is 26.8 Å². The maximum atomic E-state index is 14.4. The number of esters is 2. The largest absolute Gasteiger partial charge is 0.464 e. The summed E-state index contributed by atoms with van der Waals surface area (Å²) in [4.78, 5) is 71.4. The normalized spacial score (nSPS) is 13.2. The van der Waals surface area contributed by atoms with Crippen molar-refractivity contribution in [2.45, 2.75) is 84.1 Å². The Bertz CT molecular complexity index is 1930. The van der Waals surface area contributed by atoms with E-state index < -0.39 is 45.2 Å². The lowest BCUT2D eigenvalue weighted by molar-refractivity contribution is -0.146. The van der Waals surface area contributed by atoms with Gasteiger partial charge in [0.2, 0.25) is 0 Å². The Balaban J connectivity index is 1.97. The van der Waals surface area contributed by atoms with Gasteiger partial charge in [0.15, 0.2) is 17.1 Å². The number of alkyl halides is 2. The van der Waals surface area contributed by atoms with Gasteiger partial charge in [-0.2, -0.15) is 0 Å². The first-order chi connectivity index (χ1) is 24.0. The fraction of sp³-hybridized carbons (Fsp3) is 0.486. The molecule has 4 rings (SSSR count). The number of aromatic nitrogens is 1. The van der Waals surface area contributed by atoms with Crippen molar-refractivity contribution in [3.8, 4) is 11.5 Å². The maximum absolute atomic E-state index is 14.4. The van der Waals surface area contributed by atoms with Gasteiger partial charge in [0, 0.05) is 15.6 Å². The minimum atomic E-state index is -1.01. The summed E-state index contributed by atoms with van der Waals surface area (Å²) in [6.07, 6.45) is 0.607. The van der Waals surface area contributed by atoms with E-state index in [9.17, 15) is 24.0 Å². The van der Waals surface area contributed by atoms with Crippen LogP contribution >= 0.6 is 47.8 Å². The van der Waals surface area contributed by atoms with Crippen molar-refractivity contribution in [2.75, 3.05) is 18.5 Å². The Kier molecular flexibility index (Phi) is 13.3. The minimum absolute atomic E-state index is 0.0000127. The third-order valence-corrected chi connectivity index (χ3v) is 9.53. The zero-order valence-corrected chi connectivity index (χ0v) is 34.3. The van der Waals surface area contributed by atoms with Crippen molar-refractivity contribution in [1.82, 2.24) is 15.6 Å². The maximum Gasteiger partial charge on any atom is 0.357 e. The molecule has 13 nitrogen and oxygen atoms in total. The summed E-state index contributed by atoms with van der Waals surface area (Å²) < 4.78 is 22.7. The highest BCUT2D eigenvalue weighted by molar-refractivity contribution is 9.24. The van der Waals surface area contributed by atoms with Gasteiger partial charge in [0.05, 0.1) is 39.5 Å². The molecule has 1 aliphatic rings. The number of amides is 2. The van der Waals surface area contributed by atoms with E-state index in [1.165, 1.54) is 6.92 Å². The molecule has 16 heteroatoms. The Hall–Kier alpha value is -3.50. The fourth-order valence-corrected chi connectivity index (χ4v) is 7.86. The SMILES string of the molecule is CCOC(=O)[C@H](CC(C)C)NC(=O)c1c2c(c(C)c3oc(=O)c(C)nc13)Oc1c(c(C(=O)N[C@H](CC(C)C)C(=O)OCC)cc(Br)c1C(Br)Br)N2. The van der Waals surface area contributed by atoms with Gasteiger partial charge in [0.25, 0.3) is 11.8 Å². The zero-order chi connectivity index (χ0) is 37.9. The highest BCUT2D eigenvalue weighted by Crippen LogP contribution is 2.55. The molecule has 2 atom stereocenters. The first-order valence-corrected chi connectivity index (χ1v) is 19.1. The van der Waals surface area contributed by atoms with Crippen molar-refractivity contribution < 1.29 is 37.8 Å². The summed E-state index contributed by atoms with van der Waals surface area (Å²) in [5, 5.41) is 8.87. The van der Waals surface area contributed by atoms with Crippen molar-refractivity contribution >= 4 is 94.0 Å². The van der Waals surface area contributed by atoms with Crippen molar-refractivity contribution in [2.24, 2.45) is 11.8 Å². The van der Waals surface area contributed by atoms with Crippen LogP contribution in [0.25, 0.3) is 11.1 Å². The highest BCUT2D eigenvalue weighted by Gasteiger charge is 2.37. The number of anilines is 2. The molecule has 2 aromatic carbocycles. The molecule has 0 saturated carbocycles. The number of hydrogen-bond acceptors (Lipinski definition) is 11. The Labute approximate surface area is 320 Å². The summed E-state index contributed by atoms with van der Waals surface area (Å²) in [5.41, 5.74) is 0.534. The lowest BCUT2D eigenvalue weighted by atomic mass is 9.98. The number of rotatable bonds is 13. The van der Waals surface area contributed by atoms with Crippen LogP contribution in [0.15, 0.2) is 19.8 Å². The van der Waals surface area contributed by atoms with Crippen LogP contribution in [0, 0.1) is 25.7 Å². The van der Waals surface area contributed by atoms with E-state index in [1.807, 2.05) is 27.7 Å². The summed E-state index contributed by atoms with van der Waals surface area (Å²) in [6, 6.07) is -0.371. The van der Waals surface area contributed by atoms with Gasteiger partial charge in [-0.25, -0.2) is 19.4 Å². The smallest absolute Gasteiger partial charge is 0.357 e. The fourth-order valence-electron chi connectivity index (χ4n) is 5.70. The summed E-state index contributed by atoms with van der Waals surface area (Å²) in [7, 11) is 0. The van der Waals surface area contributed by atoms with E-state index in [4.69, 9.17) is 18.6 Å². The van der Waals surface area contributed by atoms with Crippen molar-refractivity contribution in [3.05, 3.63) is 48.9 Å². The van der Waals surface area contributed by atoms with Crippen LogP contribution in [-0.4, -0.2) is 54.0 Å². The quantitative estimate of drug-likeness (QED) is 0.0890. The van der Waals surface area contributed by atoms with Gasteiger partial charge in [-0.15, -0.1) is 0 Å². The molecular weight excluding hydrogens is 860 g/mol. The number of fused-ring (bicyclic) bond motifs is 3. The molecule has 0 saturated heterocycles. The minimum Gasteiger partial charge on any atom is -0.464 e. The molecular formula is C35H41Br3N4O9. The van der Waals surface area contributed by atoms with Crippen LogP contribution in [0.2, 0.25) is 0 Å². The number of halogens is 3. The molecule has 0 fully saturated rings. The van der Waals surface area contributed by atoms with Crippen molar-refractivity contribution in [3.63, 3.8) is 0 Å². The summed E-state index contributed by atoms with van der Waals surface area (Å²) in [5.74, 6) is -2.11. The van der Waals surface area contributed by atoms with Gasteiger partial charge in [0.1, 0.15) is 23.3 Å². The standard InChI is InChI=1S/C35H41Br3N4O9/c1-9-48-34(46)20(11-14(3)4)40-31(43)18-13-19(36)22(30(37)38)29-24(18)42-26-23(32(44)41-21(12-15(5)6)35(47)49-10-2)25-28(16(7)27(26)50-29)51-33(45)17(8)39-25/h13-15,20-21,30,42H,9-12H2,1-8H3,(H,40,43)(H,41,44)/t20-,21+/m1/s1. The van der Waals surface area contributed by atoms with Crippen LogP contribution in [-0.2, 0) is 19.1 Å². The molecule has 0 unspecified atom stereocenters. The Morgan fingerprint density at radius 2 is 1.43 bits per heavy atom. The highest BCUT2D eigenvalue weighted by atomic mass is 79.9. The number of hydrogen-bond donors (Lipinski definition) is 3. The second-order valence-electron chi connectivity index (χ2n) is 12.8. The van der Waals surface area contributed by atoms with E-state index in [0.29, 0.717) is 22.0 Å². The van der Waals surface area contributed by atoms with Gasteiger partial charge in [-0.3, -0.25) is 9.59 Å². The molecule has 2 heterocycles. The third kappa shape index (κ3) is 8.76. The first-order valence-electron chi connectivity index (χ1n) is 16.5. The topological polar surface area (TPSA) is 175 Å². The van der Waals surface area contributed by atoms with E-state index in [2.05, 4.69) is 68.7 Å². The molecule has 2 amide bonds. The molecule has 1 aromatic heterocycles. The second kappa shape index (κ2) is 16.9. The number of nitrogens with zero attached hydrogens (tertiary/aromatic N) is 1. The molecule has 0 radical (unpaired) electrons. The first kappa shape index (κ1) is 40.3. The number of carbonyl (C=O) groups excluding carboxylic acids is 4. The number of carbonyl (C=O) groups is 4. The average Bonchev–Trinajstić information content (AvgIpc) is 3.03. The summed E-state index contributed by atoms with van der Waals surface area (Å²) >= 11 is 10.7. The average molecular weight is 901 g/mol. The van der Waals surface area contributed by atoms with Crippen LogP contribution in [0.4, 0.5) is 11.4 Å². The van der Waals surface area contributed by atoms with Gasteiger partial charge in [-0.05, 0) is 58.4 Å². The number of benzene rings is 2. The lowest BCUT2D eigenvalue weighted by Crippen LogP contribution is -2.43. The molecule has 276 valence electrons. The number of nitrogens with one attached hydrogen (secondary N) is 3. The number of ether oxygens (including phenoxy) is 3. The lowest BCUT2D eigenvalue weighted by Gasteiger charge is -2.30. The molecule has 3 aromatic rings.